The molecular weight excluding hydrogens is 227 g/mol. The molecule has 1 aliphatic rings. The molecule has 0 aliphatic heterocycles. The van der Waals surface area contributed by atoms with Gasteiger partial charge in [-0.05, 0) is 50.8 Å². The van der Waals surface area contributed by atoms with E-state index in [4.69, 9.17) is 5.26 Å². The molecule has 0 N–H and O–H groups in total. The van der Waals surface area contributed by atoms with Crippen molar-refractivity contribution in [3.63, 3.8) is 0 Å². The monoisotopic (exact) mass is 246 g/mol. The van der Waals surface area contributed by atoms with Crippen molar-refractivity contribution < 1.29 is 4.39 Å². The lowest BCUT2D eigenvalue weighted by Crippen LogP contribution is -2.32. The number of nitrogens with zero attached hydrogens (tertiary/aromatic N) is 2. The van der Waals surface area contributed by atoms with Gasteiger partial charge in [0.15, 0.2) is 0 Å². The predicted octanol–water partition coefficient (Wildman–Crippen LogP) is 3.32. The summed E-state index contributed by atoms with van der Waals surface area (Å²) in [5.74, 6) is 0.574. The summed E-state index contributed by atoms with van der Waals surface area (Å²) in [4.78, 5) is 2.29. The fourth-order valence-corrected chi connectivity index (χ4v) is 2.07. The van der Waals surface area contributed by atoms with Crippen LogP contribution in [0, 0.1) is 23.1 Å². The van der Waals surface area contributed by atoms with Crippen LogP contribution < -0.4 is 0 Å². The van der Waals surface area contributed by atoms with Crippen molar-refractivity contribution in [2.24, 2.45) is 5.92 Å². The highest BCUT2D eigenvalue weighted by molar-refractivity contribution is 5.33. The van der Waals surface area contributed by atoms with Crippen LogP contribution >= 0.6 is 0 Å². The summed E-state index contributed by atoms with van der Waals surface area (Å²) >= 11 is 0. The molecule has 0 unspecified atom stereocenters. The molecule has 0 aromatic heterocycles. The van der Waals surface area contributed by atoms with Gasteiger partial charge in [-0.1, -0.05) is 0 Å². The zero-order valence-electron chi connectivity index (χ0n) is 11.0. The molecule has 18 heavy (non-hydrogen) atoms. The Bertz CT molecular complexity index is 458. The van der Waals surface area contributed by atoms with Crippen molar-refractivity contribution >= 4 is 0 Å². The van der Waals surface area contributed by atoms with Crippen LogP contribution in [0.5, 0.6) is 0 Å². The molecule has 2 nitrogen and oxygen atoms in total. The van der Waals surface area contributed by atoms with E-state index in [1.807, 2.05) is 0 Å². The Balaban J connectivity index is 2.12. The van der Waals surface area contributed by atoms with Gasteiger partial charge in [-0.15, -0.1) is 0 Å². The molecule has 0 radical (unpaired) electrons. The second-order valence-corrected chi connectivity index (χ2v) is 5.38. The van der Waals surface area contributed by atoms with Crippen LogP contribution in [0.1, 0.15) is 37.8 Å². The molecule has 1 aromatic carbocycles. The van der Waals surface area contributed by atoms with Crippen LogP contribution in [0.2, 0.25) is 0 Å². The molecule has 1 saturated carbocycles. The van der Waals surface area contributed by atoms with E-state index in [1.165, 1.54) is 25.0 Å². The van der Waals surface area contributed by atoms with Gasteiger partial charge < -0.3 is 0 Å². The third-order valence-corrected chi connectivity index (χ3v) is 3.47. The Hall–Kier alpha value is -1.40. The summed E-state index contributed by atoms with van der Waals surface area (Å²) in [6.45, 7) is 5.90. The van der Waals surface area contributed by atoms with E-state index in [0.717, 1.165) is 12.5 Å². The Kier molecular flexibility index (Phi) is 3.98. The topological polar surface area (TPSA) is 27.0 Å². The van der Waals surface area contributed by atoms with Crippen molar-refractivity contribution in [3.05, 3.63) is 35.1 Å². The lowest BCUT2D eigenvalue weighted by Gasteiger charge is -2.26. The number of halogens is 1. The van der Waals surface area contributed by atoms with Crippen LogP contribution in [0.3, 0.4) is 0 Å². The number of benzene rings is 1. The Morgan fingerprint density at radius 2 is 2.17 bits per heavy atom. The lowest BCUT2D eigenvalue weighted by atomic mass is 10.1. The average molecular weight is 246 g/mol. The summed E-state index contributed by atoms with van der Waals surface area (Å²) in [5, 5.41) is 8.87. The van der Waals surface area contributed by atoms with E-state index in [2.05, 4.69) is 24.8 Å². The van der Waals surface area contributed by atoms with Gasteiger partial charge >= 0.3 is 0 Å². The number of hydrogen-bond donors (Lipinski definition) is 0. The first-order chi connectivity index (χ1) is 8.60. The smallest absolute Gasteiger partial charge is 0.127 e. The van der Waals surface area contributed by atoms with Gasteiger partial charge in [0.1, 0.15) is 5.82 Å². The fourth-order valence-electron chi connectivity index (χ4n) is 2.07. The molecule has 0 atom stereocenters. The first-order valence-corrected chi connectivity index (χ1v) is 6.52. The highest BCUT2D eigenvalue weighted by atomic mass is 19.1. The van der Waals surface area contributed by atoms with Gasteiger partial charge in [0.2, 0.25) is 0 Å². The normalized spacial score (nSPS) is 15.1. The van der Waals surface area contributed by atoms with Crippen molar-refractivity contribution in [2.75, 3.05) is 6.54 Å². The molecule has 0 amide bonds. The summed E-state index contributed by atoms with van der Waals surface area (Å²) in [6, 6.07) is 7.05. The van der Waals surface area contributed by atoms with Crippen LogP contribution in [0.15, 0.2) is 18.2 Å². The minimum atomic E-state index is -0.213. The first kappa shape index (κ1) is 13.0. The quantitative estimate of drug-likeness (QED) is 0.797. The lowest BCUT2D eigenvalue weighted by molar-refractivity contribution is 0.201. The second-order valence-electron chi connectivity index (χ2n) is 5.38. The van der Waals surface area contributed by atoms with Crippen LogP contribution in [-0.2, 0) is 6.54 Å². The van der Waals surface area contributed by atoms with Crippen LogP contribution in [-0.4, -0.2) is 17.5 Å². The van der Waals surface area contributed by atoms with Crippen molar-refractivity contribution in [1.29, 1.82) is 5.26 Å². The average Bonchev–Trinajstić information content (AvgIpc) is 3.14. The van der Waals surface area contributed by atoms with E-state index in [1.54, 1.807) is 6.07 Å². The molecule has 0 saturated heterocycles. The fraction of sp³-hybridized carbons (Fsp3) is 0.533. The maximum absolute atomic E-state index is 13.7. The van der Waals surface area contributed by atoms with Crippen molar-refractivity contribution in [1.82, 2.24) is 4.90 Å². The minimum Gasteiger partial charge on any atom is -0.296 e. The molecule has 2 rings (SSSR count). The summed E-state index contributed by atoms with van der Waals surface area (Å²) in [7, 11) is 0. The maximum atomic E-state index is 13.7. The summed E-state index contributed by atoms with van der Waals surface area (Å²) in [6.07, 6.45) is 2.59. The zero-order chi connectivity index (χ0) is 13.1. The standard InChI is InChI=1S/C15H19FN2/c1-11(2)18(9-12-3-4-12)10-14-7-13(8-17)5-6-15(14)16/h5-7,11-12H,3-4,9-10H2,1-2H3. The number of rotatable bonds is 5. The summed E-state index contributed by atoms with van der Waals surface area (Å²) in [5.41, 5.74) is 1.16. The Morgan fingerprint density at radius 3 is 2.72 bits per heavy atom. The number of hydrogen-bond acceptors (Lipinski definition) is 2. The van der Waals surface area contributed by atoms with Gasteiger partial charge in [0, 0.05) is 24.7 Å². The summed E-state index contributed by atoms with van der Waals surface area (Å²) < 4.78 is 13.7. The van der Waals surface area contributed by atoms with E-state index >= 15 is 0 Å². The van der Waals surface area contributed by atoms with Crippen LogP contribution in [0.4, 0.5) is 4.39 Å². The molecule has 96 valence electrons. The molecule has 3 heteroatoms. The number of nitriles is 1. The third kappa shape index (κ3) is 3.30. The van der Waals surface area contributed by atoms with Gasteiger partial charge in [-0.3, -0.25) is 4.90 Å². The molecule has 1 fully saturated rings. The SMILES string of the molecule is CC(C)N(Cc1cc(C#N)ccc1F)CC1CC1. The van der Waals surface area contributed by atoms with Crippen LogP contribution in [0.25, 0.3) is 0 Å². The van der Waals surface area contributed by atoms with Gasteiger partial charge in [0.05, 0.1) is 11.6 Å². The molecule has 1 aliphatic carbocycles. The third-order valence-electron chi connectivity index (χ3n) is 3.47. The largest absolute Gasteiger partial charge is 0.296 e. The van der Waals surface area contributed by atoms with Gasteiger partial charge in [-0.2, -0.15) is 5.26 Å². The van der Waals surface area contributed by atoms with E-state index < -0.39 is 0 Å². The Labute approximate surface area is 108 Å². The van der Waals surface area contributed by atoms with Crippen molar-refractivity contribution in [2.45, 2.75) is 39.3 Å². The van der Waals surface area contributed by atoms with E-state index in [-0.39, 0.29) is 5.82 Å². The molecule has 1 aromatic rings. The zero-order valence-corrected chi connectivity index (χ0v) is 11.0. The first-order valence-electron chi connectivity index (χ1n) is 6.52. The molecular formula is C15H19FN2. The van der Waals surface area contributed by atoms with Gasteiger partial charge in [0.25, 0.3) is 0 Å². The molecule has 0 spiro atoms. The highest BCUT2D eigenvalue weighted by Gasteiger charge is 2.25. The van der Waals surface area contributed by atoms with E-state index in [0.29, 0.717) is 23.7 Å². The predicted molar refractivity (Wildman–Crippen MR) is 69.4 cm³/mol. The minimum absolute atomic E-state index is 0.213. The molecule has 0 heterocycles. The van der Waals surface area contributed by atoms with Gasteiger partial charge in [-0.25, -0.2) is 4.39 Å². The highest BCUT2D eigenvalue weighted by Crippen LogP contribution is 2.31. The maximum Gasteiger partial charge on any atom is 0.127 e. The molecule has 0 bridgehead atoms. The second kappa shape index (κ2) is 5.49. The van der Waals surface area contributed by atoms with E-state index in [9.17, 15) is 4.39 Å². The Morgan fingerprint density at radius 1 is 1.44 bits per heavy atom. The van der Waals surface area contributed by atoms with Crippen molar-refractivity contribution in [3.8, 4) is 6.07 Å².